The Morgan fingerprint density at radius 3 is 2.62 bits per heavy atom. The average molecular weight is 218 g/mol. The first-order chi connectivity index (χ1) is 7.59. The maximum Gasteiger partial charge on any atom is 0.339 e. The smallest absolute Gasteiger partial charge is 0.339 e. The third-order valence-corrected chi connectivity index (χ3v) is 2.24. The molecule has 2 rings (SSSR count). The van der Waals surface area contributed by atoms with E-state index in [1.165, 1.54) is 6.20 Å². The summed E-state index contributed by atoms with van der Waals surface area (Å²) in [6.45, 7) is 3.46. The van der Waals surface area contributed by atoms with Crippen molar-refractivity contribution < 1.29 is 9.90 Å². The monoisotopic (exact) mass is 218 g/mol. The highest BCUT2D eigenvalue weighted by Gasteiger charge is 2.11. The van der Waals surface area contributed by atoms with Crippen LogP contribution < -0.4 is 0 Å². The molecule has 1 N–H and O–H groups in total. The Labute approximate surface area is 91.6 Å². The maximum atomic E-state index is 10.8. The minimum Gasteiger partial charge on any atom is -0.478 e. The number of carboxylic acids is 1. The Balaban J connectivity index is 2.50. The highest BCUT2D eigenvalue weighted by atomic mass is 16.4. The second-order valence-corrected chi connectivity index (χ2v) is 3.32. The number of rotatable bonds is 2. The summed E-state index contributed by atoms with van der Waals surface area (Å²) in [4.78, 5) is 23.0. The van der Waals surface area contributed by atoms with Crippen molar-refractivity contribution in [3.05, 3.63) is 35.7 Å². The van der Waals surface area contributed by atoms with Crippen molar-refractivity contribution in [1.29, 1.82) is 0 Å². The van der Waals surface area contributed by atoms with Gasteiger partial charge in [-0.3, -0.25) is 4.57 Å². The molecule has 16 heavy (non-hydrogen) atoms. The van der Waals surface area contributed by atoms with Crippen LogP contribution >= 0.6 is 0 Å². The van der Waals surface area contributed by atoms with Crippen LogP contribution in [-0.2, 0) is 0 Å². The van der Waals surface area contributed by atoms with Crippen molar-refractivity contribution in [3.63, 3.8) is 0 Å². The maximum absolute atomic E-state index is 10.8. The molecule has 0 radical (unpaired) electrons. The van der Waals surface area contributed by atoms with Crippen molar-refractivity contribution in [1.82, 2.24) is 19.5 Å². The lowest BCUT2D eigenvalue weighted by atomic mass is 10.2. The van der Waals surface area contributed by atoms with Crippen molar-refractivity contribution in [2.45, 2.75) is 13.8 Å². The molecule has 0 aliphatic carbocycles. The molecular formula is C10H10N4O2. The zero-order valence-electron chi connectivity index (χ0n) is 8.88. The fourth-order valence-electron chi connectivity index (χ4n) is 1.37. The minimum atomic E-state index is -1.02. The first kappa shape index (κ1) is 10.3. The predicted molar refractivity (Wildman–Crippen MR) is 55.6 cm³/mol. The van der Waals surface area contributed by atoms with E-state index < -0.39 is 5.97 Å². The van der Waals surface area contributed by atoms with Gasteiger partial charge in [0.2, 0.25) is 5.95 Å². The fraction of sp³-hybridized carbons (Fsp3) is 0.200. The van der Waals surface area contributed by atoms with Crippen LogP contribution in [0, 0.1) is 13.8 Å². The molecule has 6 heteroatoms. The normalized spacial score (nSPS) is 10.4. The topological polar surface area (TPSA) is 80.9 Å². The third-order valence-electron chi connectivity index (χ3n) is 2.24. The molecule has 6 nitrogen and oxygen atoms in total. The summed E-state index contributed by atoms with van der Waals surface area (Å²) >= 11 is 0. The van der Waals surface area contributed by atoms with Gasteiger partial charge in [-0.05, 0) is 13.8 Å². The van der Waals surface area contributed by atoms with E-state index in [9.17, 15) is 4.79 Å². The number of carbonyl (C=O) groups is 1. The summed E-state index contributed by atoms with van der Waals surface area (Å²) in [6, 6.07) is 0. The molecule has 0 amide bonds. The second-order valence-electron chi connectivity index (χ2n) is 3.32. The Hall–Kier alpha value is -2.24. The molecule has 2 aromatic rings. The van der Waals surface area contributed by atoms with Gasteiger partial charge in [-0.15, -0.1) is 0 Å². The van der Waals surface area contributed by atoms with E-state index in [0.717, 1.165) is 5.82 Å². The van der Waals surface area contributed by atoms with E-state index in [1.807, 2.05) is 6.92 Å². The summed E-state index contributed by atoms with van der Waals surface area (Å²) < 4.78 is 1.69. The standard InChI is InChI=1S/C10H10N4O2/c1-6-8(9(15)16)5-12-10(13-6)14-4-3-11-7(14)2/h3-5H,1-2H3,(H,15,16). The number of carboxylic acid groups (broad SMARTS) is 1. The van der Waals surface area contributed by atoms with Crippen LogP contribution in [0.4, 0.5) is 0 Å². The van der Waals surface area contributed by atoms with Gasteiger partial charge in [0.05, 0.1) is 11.3 Å². The molecular weight excluding hydrogens is 208 g/mol. The summed E-state index contributed by atoms with van der Waals surface area (Å²) in [5.41, 5.74) is 0.548. The third kappa shape index (κ3) is 1.65. The molecule has 0 bridgehead atoms. The van der Waals surface area contributed by atoms with Gasteiger partial charge in [-0.25, -0.2) is 19.7 Å². The molecule has 82 valence electrons. The summed E-state index contributed by atoms with van der Waals surface area (Å²) in [6.07, 6.45) is 4.67. The van der Waals surface area contributed by atoms with E-state index in [-0.39, 0.29) is 5.56 Å². The molecule has 2 heterocycles. The number of nitrogens with zero attached hydrogens (tertiary/aromatic N) is 4. The van der Waals surface area contributed by atoms with Crippen LogP contribution in [0.15, 0.2) is 18.6 Å². The Bertz CT molecular complexity index is 548. The van der Waals surface area contributed by atoms with Crippen molar-refractivity contribution in [2.75, 3.05) is 0 Å². The molecule has 0 aliphatic rings. The minimum absolute atomic E-state index is 0.113. The molecule has 0 unspecified atom stereocenters. The van der Waals surface area contributed by atoms with Gasteiger partial charge in [-0.2, -0.15) is 0 Å². The second kappa shape index (κ2) is 3.73. The Morgan fingerprint density at radius 2 is 2.12 bits per heavy atom. The zero-order valence-corrected chi connectivity index (χ0v) is 8.88. The van der Waals surface area contributed by atoms with Crippen LogP contribution in [0.25, 0.3) is 5.95 Å². The van der Waals surface area contributed by atoms with Crippen molar-refractivity contribution >= 4 is 5.97 Å². The van der Waals surface area contributed by atoms with E-state index in [0.29, 0.717) is 11.6 Å². The number of aromatic carboxylic acids is 1. The highest BCUT2D eigenvalue weighted by Crippen LogP contribution is 2.08. The molecule has 0 aliphatic heterocycles. The molecule has 0 spiro atoms. The van der Waals surface area contributed by atoms with Crippen molar-refractivity contribution in [2.24, 2.45) is 0 Å². The molecule has 0 aromatic carbocycles. The van der Waals surface area contributed by atoms with Crippen LogP contribution in [0.5, 0.6) is 0 Å². The van der Waals surface area contributed by atoms with E-state index >= 15 is 0 Å². The van der Waals surface area contributed by atoms with Crippen LogP contribution in [-0.4, -0.2) is 30.6 Å². The number of hydrogen-bond donors (Lipinski definition) is 1. The Morgan fingerprint density at radius 1 is 1.38 bits per heavy atom. The SMILES string of the molecule is Cc1nc(-n2ccnc2C)ncc1C(=O)O. The fourth-order valence-corrected chi connectivity index (χ4v) is 1.37. The van der Waals surface area contributed by atoms with E-state index in [2.05, 4.69) is 15.0 Å². The van der Waals surface area contributed by atoms with Crippen LogP contribution in [0.2, 0.25) is 0 Å². The molecule has 0 saturated carbocycles. The molecule has 0 fully saturated rings. The van der Waals surface area contributed by atoms with Gasteiger partial charge in [0, 0.05) is 18.6 Å². The summed E-state index contributed by atoms with van der Waals surface area (Å²) in [5.74, 6) is 0.159. The highest BCUT2D eigenvalue weighted by molar-refractivity contribution is 5.88. The first-order valence-electron chi connectivity index (χ1n) is 4.67. The van der Waals surface area contributed by atoms with E-state index in [1.54, 1.807) is 23.9 Å². The van der Waals surface area contributed by atoms with E-state index in [4.69, 9.17) is 5.11 Å². The van der Waals surface area contributed by atoms with Crippen LogP contribution in [0.1, 0.15) is 21.9 Å². The number of hydrogen-bond acceptors (Lipinski definition) is 4. The largest absolute Gasteiger partial charge is 0.478 e. The molecule has 2 aromatic heterocycles. The molecule has 0 atom stereocenters. The van der Waals surface area contributed by atoms with Gasteiger partial charge in [-0.1, -0.05) is 0 Å². The van der Waals surface area contributed by atoms with Gasteiger partial charge >= 0.3 is 5.97 Å². The lowest BCUT2D eigenvalue weighted by molar-refractivity contribution is 0.0695. The summed E-state index contributed by atoms with van der Waals surface area (Å²) in [7, 11) is 0. The van der Waals surface area contributed by atoms with Crippen LogP contribution in [0.3, 0.4) is 0 Å². The zero-order chi connectivity index (χ0) is 11.7. The summed E-state index contributed by atoms with van der Waals surface area (Å²) in [5, 5.41) is 8.84. The van der Waals surface area contributed by atoms with Gasteiger partial charge in [0.25, 0.3) is 0 Å². The Kier molecular flexibility index (Phi) is 2.40. The number of aryl methyl sites for hydroxylation is 2. The first-order valence-corrected chi connectivity index (χ1v) is 4.67. The molecule has 0 saturated heterocycles. The number of aromatic nitrogens is 4. The lowest BCUT2D eigenvalue weighted by Gasteiger charge is -2.05. The van der Waals surface area contributed by atoms with Gasteiger partial charge in [0.15, 0.2) is 0 Å². The van der Waals surface area contributed by atoms with Crippen molar-refractivity contribution in [3.8, 4) is 5.95 Å². The average Bonchev–Trinajstić information content (AvgIpc) is 2.63. The number of imidazole rings is 1. The van der Waals surface area contributed by atoms with Gasteiger partial charge in [0.1, 0.15) is 5.82 Å². The van der Waals surface area contributed by atoms with Gasteiger partial charge < -0.3 is 5.11 Å². The quantitative estimate of drug-likeness (QED) is 0.812. The predicted octanol–water partition coefficient (Wildman–Crippen LogP) is 0.977. The lowest BCUT2D eigenvalue weighted by Crippen LogP contribution is -2.08.